The van der Waals surface area contributed by atoms with Crippen molar-refractivity contribution in [3.05, 3.63) is 35.9 Å². The smallest absolute Gasteiger partial charge is 0.407 e. The lowest BCUT2D eigenvalue weighted by molar-refractivity contribution is -0.155. The summed E-state index contributed by atoms with van der Waals surface area (Å²) in [7, 11) is 1.27. The minimum atomic E-state index is -0.791. The van der Waals surface area contributed by atoms with Crippen LogP contribution in [-0.2, 0) is 25.7 Å². The van der Waals surface area contributed by atoms with E-state index in [-0.39, 0.29) is 18.6 Å². The summed E-state index contributed by atoms with van der Waals surface area (Å²) in [5.41, 5.74) is 0.454. The van der Waals surface area contributed by atoms with E-state index < -0.39 is 23.4 Å². The van der Waals surface area contributed by atoms with Gasteiger partial charge in [-0.2, -0.15) is 0 Å². The van der Waals surface area contributed by atoms with Gasteiger partial charge in [0.2, 0.25) is 5.91 Å². The number of carbonyl (C=O) groups is 3. The molecule has 0 radical (unpaired) electrons. The summed E-state index contributed by atoms with van der Waals surface area (Å²) in [5.74, 6) is -1.61. The molecule has 3 rings (SSSR count). The van der Waals surface area contributed by atoms with E-state index in [2.05, 4.69) is 10.6 Å². The minimum Gasteiger partial charge on any atom is -0.468 e. The Morgan fingerprint density at radius 3 is 2.67 bits per heavy atom. The molecule has 0 aromatic heterocycles. The molecule has 1 aliphatic heterocycles. The zero-order chi connectivity index (χ0) is 17.2. The van der Waals surface area contributed by atoms with Crippen LogP contribution in [0.3, 0.4) is 0 Å². The van der Waals surface area contributed by atoms with Gasteiger partial charge in [0.05, 0.1) is 7.11 Å². The summed E-state index contributed by atoms with van der Waals surface area (Å²) in [6, 6.07) is 9.30. The predicted molar refractivity (Wildman–Crippen MR) is 83.7 cm³/mol. The van der Waals surface area contributed by atoms with Gasteiger partial charge >= 0.3 is 12.1 Å². The van der Waals surface area contributed by atoms with Crippen LogP contribution in [0.2, 0.25) is 0 Å². The van der Waals surface area contributed by atoms with E-state index in [0.717, 1.165) is 5.56 Å². The first kappa shape index (κ1) is 16.3. The molecule has 1 aromatic rings. The first-order valence-electron chi connectivity index (χ1n) is 7.87. The number of ether oxygens (including phenoxy) is 2. The third-order valence-corrected chi connectivity index (χ3v) is 4.77. The molecule has 24 heavy (non-hydrogen) atoms. The fraction of sp³-hybridized carbons (Fsp3) is 0.471. The molecular weight excluding hydrogens is 312 g/mol. The number of methoxy groups -OCH3 is 1. The lowest BCUT2D eigenvalue weighted by atomic mass is 9.60. The Bertz CT molecular complexity index is 640. The molecule has 1 saturated carbocycles. The van der Waals surface area contributed by atoms with Crippen LogP contribution in [0.4, 0.5) is 4.79 Å². The summed E-state index contributed by atoms with van der Waals surface area (Å²) in [4.78, 5) is 35.5. The number of carbonyl (C=O) groups excluding carboxylic acids is 3. The van der Waals surface area contributed by atoms with Crippen LogP contribution in [0.1, 0.15) is 18.4 Å². The van der Waals surface area contributed by atoms with Gasteiger partial charge in [-0.3, -0.25) is 9.59 Å². The number of esters is 1. The average molecular weight is 332 g/mol. The van der Waals surface area contributed by atoms with Gasteiger partial charge in [0.1, 0.15) is 12.5 Å². The summed E-state index contributed by atoms with van der Waals surface area (Å²) in [6.45, 7) is 0.637. The summed E-state index contributed by atoms with van der Waals surface area (Å²) >= 11 is 0. The van der Waals surface area contributed by atoms with Crippen molar-refractivity contribution >= 4 is 18.0 Å². The standard InChI is InChI=1S/C17H20N2O5/c1-23-15(21)13-14(20)18-10-17(13)7-12(8-17)19-16(22)24-9-11-5-3-2-4-6-11/h2-6,12-13H,7-10H2,1H3,(H,18,20)(H,19,22)/t12?,13-,17?/m0/s1. The number of benzene rings is 1. The average Bonchev–Trinajstić information content (AvgIpc) is 2.90. The molecule has 1 spiro atoms. The van der Waals surface area contributed by atoms with Crippen molar-refractivity contribution in [1.82, 2.24) is 10.6 Å². The molecule has 1 heterocycles. The molecule has 2 amide bonds. The maximum atomic E-state index is 11.9. The van der Waals surface area contributed by atoms with Crippen LogP contribution in [0.25, 0.3) is 0 Å². The largest absolute Gasteiger partial charge is 0.468 e. The first-order chi connectivity index (χ1) is 11.5. The van der Waals surface area contributed by atoms with Crippen molar-refractivity contribution in [2.24, 2.45) is 11.3 Å². The highest BCUT2D eigenvalue weighted by Gasteiger charge is 2.59. The minimum absolute atomic E-state index is 0.104. The number of alkyl carbamates (subject to hydrolysis) is 1. The Labute approximate surface area is 139 Å². The SMILES string of the molecule is COC(=O)[C@@H]1C(=O)NCC12CC(NC(=O)OCc1ccccc1)C2. The van der Waals surface area contributed by atoms with E-state index in [1.54, 1.807) is 0 Å². The van der Waals surface area contributed by atoms with E-state index in [0.29, 0.717) is 19.4 Å². The van der Waals surface area contributed by atoms with E-state index in [1.165, 1.54) is 7.11 Å². The molecule has 1 saturated heterocycles. The molecule has 1 aromatic carbocycles. The van der Waals surface area contributed by atoms with Gasteiger partial charge in [-0.1, -0.05) is 30.3 Å². The quantitative estimate of drug-likeness (QED) is 0.633. The fourth-order valence-electron chi connectivity index (χ4n) is 3.56. The molecule has 2 fully saturated rings. The number of rotatable bonds is 4. The second-order valence-electron chi connectivity index (χ2n) is 6.35. The molecule has 7 nitrogen and oxygen atoms in total. The molecule has 1 aliphatic carbocycles. The van der Waals surface area contributed by atoms with E-state index in [1.807, 2.05) is 30.3 Å². The predicted octanol–water partition coefficient (Wildman–Crippen LogP) is 0.981. The summed E-state index contributed by atoms with van der Waals surface area (Å²) < 4.78 is 9.91. The second kappa shape index (κ2) is 6.51. The first-order valence-corrected chi connectivity index (χ1v) is 7.87. The van der Waals surface area contributed by atoms with E-state index in [9.17, 15) is 14.4 Å². The highest BCUT2D eigenvalue weighted by molar-refractivity contribution is 6.00. The van der Waals surface area contributed by atoms with Gasteiger partial charge in [0.25, 0.3) is 0 Å². The van der Waals surface area contributed by atoms with Crippen molar-refractivity contribution in [3.63, 3.8) is 0 Å². The van der Waals surface area contributed by atoms with Gasteiger partial charge in [0, 0.05) is 18.0 Å². The molecule has 7 heteroatoms. The zero-order valence-corrected chi connectivity index (χ0v) is 13.4. The van der Waals surface area contributed by atoms with Crippen LogP contribution < -0.4 is 10.6 Å². The molecule has 1 atom stereocenters. The number of hydrogen-bond acceptors (Lipinski definition) is 5. The van der Waals surface area contributed by atoms with Crippen molar-refractivity contribution in [3.8, 4) is 0 Å². The van der Waals surface area contributed by atoms with Gasteiger partial charge in [0.15, 0.2) is 0 Å². The number of hydrogen-bond donors (Lipinski definition) is 2. The molecule has 2 aliphatic rings. The second-order valence-corrected chi connectivity index (χ2v) is 6.35. The van der Waals surface area contributed by atoms with E-state index in [4.69, 9.17) is 9.47 Å². The van der Waals surface area contributed by atoms with Crippen LogP contribution in [0, 0.1) is 11.3 Å². The van der Waals surface area contributed by atoms with Gasteiger partial charge in [-0.25, -0.2) is 4.79 Å². The van der Waals surface area contributed by atoms with Crippen LogP contribution in [0.15, 0.2) is 30.3 Å². The highest BCUT2D eigenvalue weighted by atomic mass is 16.5. The normalized spacial score (nSPS) is 28.0. The highest BCUT2D eigenvalue weighted by Crippen LogP contribution is 2.50. The van der Waals surface area contributed by atoms with Crippen LogP contribution in [0.5, 0.6) is 0 Å². The summed E-state index contributed by atoms with van der Waals surface area (Å²) in [5, 5.41) is 5.49. The van der Waals surface area contributed by atoms with Crippen LogP contribution >= 0.6 is 0 Å². The third kappa shape index (κ3) is 3.06. The fourth-order valence-corrected chi connectivity index (χ4v) is 3.56. The topological polar surface area (TPSA) is 93.7 Å². The Hall–Kier alpha value is -2.57. The lowest BCUT2D eigenvalue weighted by Gasteiger charge is -2.46. The van der Waals surface area contributed by atoms with Crippen molar-refractivity contribution < 1.29 is 23.9 Å². The Balaban J connectivity index is 1.48. The lowest BCUT2D eigenvalue weighted by Crippen LogP contribution is -2.56. The van der Waals surface area contributed by atoms with Gasteiger partial charge < -0.3 is 20.1 Å². The molecule has 2 N–H and O–H groups in total. The van der Waals surface area contributed by atoms with E-state index >= 15 is 0 Å². The maximum absolute atomic E-state index is 11.9. The Morgan fingerprint density at radius 1 is 1.29 bits per heavy atom. The van der Waals surface area contributed by atoms with Crippen molar-refractivity contribution in [1.29, 1.82) is 0 Å². The maximum Gasteiger partial charge on any atom is 0.407 e. The van der Waals surface area contributed by atoms with Crippen molar-refractivity contribution in [2.45, 2.75) is 25.5 Å². The molecule has 128 valence electrons. The number of nitrogens with one attached hydrogen (secondary N) is 2. The molecule has 0 bridgehead atoms. The molecular formula is C17H20N2O5. The van der Waals surface area contributed by atoms with Gasteiger partial charge in [-0.15, -0.1) is 0 Å². The summed E-state index contributed by atoms with van der Waals surface area (Å²) in [6.07, 6.45) is 0.600. The van der Waals surface area contributed by atoms with Gasteiger partial charge in [-0.05, 0) is 18.4 Å². The Morgan fingerprint density at radius 2 is 2.00 bits per heavy atom. The molecule has 0 unspecified atom stereocenters. The zero-order valence-electron chi connectivity index (χ0n) is 13.4. The van der Waals surface area contributed by atoms with Crippen LogP contribution in [-0.4, -0.2) is 37.7 Å². The van der Waals surface area contributed by atoms with Crippen molar-refractivity contribution in [2.75, 3.05) is 13.7 Å². The number of amides is 2. The third-order valence-electron chi connectivity index (χ3n) is 4.77. The monoisotopic (exact) mass is 332 g/mol. The Kier molecular flexibility index (Phi) is 4.42.